The number of oxazole rings is 1. The third-order valence-corrected chi connectivity index (χ3v) is 6.63. The lowest BCUT2D eigenvalue weighted by atomic mass is 10.1. The van der Waals surface area contributed by atoms with Gasteiger partial charge in [-0.25, -0.2) is 28.0 Å². The smallest absolute Gasteiger partial charge is 0.274 e. The van der Waals surface area contributed by atoms with E-state index in [4.69, 9.17) is 33.4 Å². The molecule has 0 unspecified atom stereocenters. The van der Waals surface area contributed by atoms with Gasteiger partial charge in [0.2, 0.25) is 10.0 Å². The van der Waals surface area contributed by atoms with Crippen molar-refractivity contribution in [2.75, 3.05) is 12.8 Å². The normalized spacial score (nSPS) is 11.0. The lowest BCUT2D eigenvalue weighted by molar-refractivity contribution is 0.0205. The number of hydrogen-bond donors (Lipinski definition) is 2. The molecule has 1 heterocycles. The van der Waals surface area contributed by atoms with Gasteiger partial charge >= 0.3 is 0 Å². The number of hydroxylamine groups is 2. The standard InChI is InChI=1S/C20H15ClFN3O4S3/c1-25(26)20(30)31-10-2-3-17-24-18(13-6-9-16(22)15(21)11-13)19(29-17)12-4-7-14(8-5-12)32(23,27)28/h4-9,11,26H,10H2,1H3,(H2,23,27,28). The minimum Gasteiger partial charge on any atom is -0.429 e. The largest absolute Gasteiger partial charge is 0.429 e. The highest BCUT2D eigenvalue weighted by Crippen LogP contribution is 2.34. The van der Waals surface area contributed by atoms with E-state index in [-0.39, 0.29) is 31.6 Å². The molecule has 0 amide bonds. The summed E-state index contributed by atoms with van der Waals surface area (Å²) in [5.41, 5.74) is 1.33. The van der Waals surface area contributed by atoms with E-state index in [1.54, 1.807) is 0 Å². The Hall–Kier alpha value is -2.46. The van der Waals surface area contributed by atoms with Crippen molar-refractivity contribution >= 4 is 49.9 Å². The van der Waals surface area contributed by atoms with Crippen LogP contribution >= 0.6 is 35.6 Å². The highest BCUT2D eigenvalue weighted by atomic mass is 35.5. The summed E-state index contributed by atoms with van der Waals surface area (Å²) < 4.78 is 42.7. The minimum atomic E-state index is -3.86. The third-order valence-electron chi connectivity index (χ3n) is 3.99. The maximum absolute atomic E-state index is 13.6. The van der Waals surface area contributed by atoms with Crippen LogP contribution in [0.2, 0.25) is 5.02 Å². The maximum Gasteiger partial charge on any atom is 0.274 e. The first kappa shape index (κ1) is 24.2. The fourth-order valence-electron chi connectivity index (χ4n) is 2.51. The number of thioether (sulfide) groups is 1. The Morgan fingerprint density at radius 1 is 1.31 bits per heavy atom. The van der Waals surface area contributed by atoms with Crippen molar-refractivity contribution < 1.29 is 22.4 Å². The molecular formula is C20H15ClFN3O4S3. The Balaban J connectivity index is 2.01. The molecular weight excluding hydrogens is 497 g/mol. The monoisotopic (exact) mass is 511 g/mol. The molecule has 0 atom stereocenters. The molecule has 0 spiro atoms. The maximum atomic E-state index is 13.6. The second-order valence-electron chi connectivity index (χ2n) is 6.27. The number of rotatable bonds is 4. The molecule has 166 valence electrons. The third kappa shape index (κ3) is 5.86. The lowest BCUT2D eigenvalue weighted by Gasteiger charge is -2.07. The molecule has 0 aliphatic carbocycles. The first-order chi connectivity index (χ1) is 15.1. The quantitative estimate of drug-likeness (QED) is 0.305. The van der Waals surface area contributed by atoms with E-state index in [9.17, 15) is 18.0 Å². The van der Waals surface area contributed by atoms with Crippen molar-refractivity contribution in [2.24, 2.45) is 5.14 Å². The number of nitrogens with two attached hydrogens (primary N) is 1. The molecule has 3 N–H and O–H groups in total. The molecule has 1 aromatic heterocycles. The summed E-state index contributed by atoms with van der Waals surface area (Å²) in [4.78, 5) is 4.32. The average molecular weight is 512 g/mol. The molecule has 3 aromatic rings. The van der Waals surface area contributed by atoms with E-state index >= 15 is 0 Å². The minimum absolute atomic E-state index is 0.0611. The van der Waals surface area contributed by atoms with Crippen molar-refractivity contribution in [1.29, 1.82) is 0 Å². The van der Waals surface area contributed by atoms with Crippen LogP contribution in [0.3, 0.4) is 0 Å². The molecule has 2 aromatic carbocycles. The summed E-state index contributed by atoms with van der Waals surface area (Å²) in [6, 6.07) is 9.79. The Labute approximate surface area is 198 Å². The van der Waals surface area contributed by atoms with Crippen LogP contribution in [0, 0.1) is 17.7 Å². The van der Waals surface area contributed by atoms with Gasteiger partial charge in [-0.15, -0.1) is 0 Å². The molecule has 0 radical (unpaired) electrons. The van der Waals surface area contributed by atoms with Gasteiger partial charge in [-0.05, 0) is 48.4 Å². The van der Waals surface area contributed by atoms with E-state index in [0.29, 0.717) is 16.8 Å². The number of benzene rings is 2. The summed E-state index contributed by atoms with van der Waals surface area (Å²) in [7, 11) is -2.45. The summed E-state index contributed by atoms with van der Waals surface area (Å²) in [6.45, 7) is 0. The van der Waals surface area contributed by atoms with E-state index in [0.717, 1.165) is 16.8 Å². The SMILES string of the molecule is CN(O)C(=S)SCC#Cc1nc(-c2ccc(F)c(Cl)c2)c(-c2ccc(S(N)(=O)=O)cc2)o1. The average Bonchev–Trinajstić information content (AvgIpc) is 3.16. The van der Waals surface area contributed by atoms with Crippen molar-refractivity contribution in [3.8, 4) is 34.4 Å². The molecule has 7 nitrogen and oxygen atoms in total. The van der Waals surface area contributed by atoms with Crippen molar-refractivity contribution in [3.63, 3.8) is 0 Å². The summed E-state index contributed by atoms with van der Waals surface area (Å²) in [5, 5.41) is 15.1. The van der Waals surface area contributed by atoms with Gasteiger partial charge in [0.25, 0.3) is 5.89 Å². The van der Waals surface area contributed by atoms with Crippen LogP contribution < -0.4 is 5.14 Å². The van der Waals surface area contributed by atoms with Crippen LogP contribution in [0.25, 0.3) is 22.6 Å². The summed E-state index contributed by atoms with van der Waals surface area (Å²) in [6.07, 6.45) is 0. The Kier molecular flexibility index (Phi) is 7.55. The van der Waals surface area contributed by atoms with E-state index in [1.165, 1.54) is 49.5 Å². The fraction of sp³-hybridized carbons (Fsp3) is 0.100. The molecule has 0 aliphatic rings. The van der Waals surface area contributed by atoms with Gasteiger partial charge in [0.05, 0.1) is 15.7 Å². The highest BCUT2D eigenvalue weighted by Gasteiger charge is 2.18. The molecule has 0 aliphatic heterocycles. The van der Waals surface area contributed by atoms with Crippen LogP contribution in [-0.2, 0) is 10.0 Å². The van der Waals surface area contributed by atoms with Gasteiger partial charge in [-0.1, -0.05) is 41.5 Å². The van der Waals surface area contributed by atoms with E-state index < -0.39 is 15.8 Å². The molecule has 0 fully saturated rings. The number of hydrogen-bond acceptors (Lipinski definition) is 7. The molecule has 3 rings (SSSR count). The lowest BCUT2D eigenvalue weighted by Crippen LogP contribution is -2.17. The van der Waals surface area contributed by atoms with Crippen LogP contribution in [0.1, 0.15) is 5.89 Å². The summed E-state index contributed by atoms with van der Waals surface area (Å²) >= 11 is 12.0. The number of halogens is 2. The predicted octanol–water partition coefficient (Wildman–Crippen LogP) is 4.14. The molecule has 0 bridgehead atoms. The van der Waals surface area contributed by atoms with Crippen LogP contribution in [0.5, 0.6) is 0 Å². The van der Waals surface area contributed by atoms with Crippen LogP contribution in [-0.4, -0.2) is 40.8 Å². The molecule has 32 heavy (non-hydrogen) atoms. The Morgan fingerprint density at radius 3 is 2.56 bits per heavy atom. The second kappa shape index (κ2) is 9.99. The second-order valence-corrected chi connectivity index (χ2v) is 9.85. The zero-order chi connectivity index (χ0) is 23.5. The van der Waals surface area contributed by atoms with E-state index in [1.807, 2.05) is 0 Å². The number of sulfonamides is 1. The topological polar surface area (TPSA) is 110 Å². The number of thiocarbonyl (C=S) groups is 1. The van der Waals surface area contributed by atoms with Gasteiger partial charge in [-0.2, -0.15) is 0 Å². The first-order valence-electron chi connectivity index (χ1n) is 8.74. The Bertz CT molecular complexity index is 1330. The first-order valence-corrected chi connectivity index (χ1v) is 12.1. The van der Waals surface area contributed by atoms with Crippen LogP contribution in [0.15, 0.2) is 51.8 Å². The van der Waals surface area contributed by atoms with Crippen molar-refractivity contribution in [2.45, 2.75) is 4.90 Å². The van der Waals surface area contributed by atoms with Crippen molar-refractivity contribution in [1.82, 2.24) is 10.0 Å². The highest BCUT2D eigenvalue weighted by molar-refractivity contribution is 8.23. The van der Waals surface area contributed by atoms with Crippen LogP contribution in [0.4, 0.5) is 4.39 Å². The number of primary sulfonamides is 1. The predicted molar refractivity (Wildman–Crippen MR) is 125 cm³/mol. The zero-order valence-electron chi connectivity index (χ0n) is 16.4. The number of nitrogens with zero attached hydrogens (tertiary/aromatic N) is 2. The Morgan fingerprint density at radius 2 is 1.97 bits per heavy atom. The fourth-order valence-corrected chi connectivity index (χ4v) is 3.83. The zero-order valence-corrected chi connectivity index (χ0v) is 19.6. The van der Waals surface area contributed by atoms with Crippen molar-refractivity contribution in [3.05, 3.63) is 59.2 Å². The van der Waals surface area contributed by atoms with Gasteiger partial charge < -0.3 is 4.42 Å². The summed E-state index contributed by atoms with van der Waals surface area (Å²) in [5.74, 6) is 5.66. The van der Waals surface area contributed by atoms with E-state index in [2.05, 4.69) is 16.8 Å². The van der Waals surface area contributed by atoms with Gasteiger partial charge in [0, 0.05) is 18.2 Å². The molecule has 0 saturated heterocycles. The van der Waals surface area contributed by atoms with Gasteiger partial charge in [0.1, 0.15) is 11.5 Å². The molecule has 12 heteroatoms. The molecule has 0 saturated carbocycles. The van der Waals surface area contributed by atoms with Gasteiger partial charge in [-0.3, -0.25) is 5.21 Å². The number of aromatic nitrogens is 1. The van der Waals surface area contributed by atoms with Gasteiger partial charge in [0.15, 0.2) is 10.1 Å².